The molecule has 0 amide bonds. The highest BCUT2D eigenvalue weighted by atomic mass is 16.7. The minimum Gasteiger partial charge on any atom is -0.481 e. The number of nitrogens with zero attached hydrogens (tertiary/aromatic N) is 1. The summed E-state index contributed by atoms with van der Waals surface area (Å²) in [6, 6.07) is 5.73. The standard InChI is InChI=1S/C19H26N2O5/c1-21(2)11-10-14-12-20-15-6-5-7-16(19(14)15)25-13-26-18(24)9-4-3-8-17(22)23/h5-7,12,20H,3-4,8-11,13H2,1-2H3,(H,22,23). The number of aromatic amines is 1. The van der Waals surface area contributed by atoms with Crippen LogP contribution in [0.3, 0.4) is 0 Å². The SMILES string of the molecule is CN(C)CCc1c[nH]c2cccc(OCOC(=O)CCCCC(=O)O)c12. The first kappa shape index (κ1) is 19.8. The Bertz CT molecular complexity index is 739. The molecule has 0 aliphatic rings. The molecule has 0 aliphatic carbocycles. The van der Waals surface area contributed by atoms with Crippen LogP contribution in [0.2, 0.25) is 0 Å². The van der Waals surface area contributed by atoms with Crippen molar-refractivity contribution in [2.24, 2.45) is 0 Å². The predicted molar refractivity (Wildman–Crippen MR) is 98.2 cm³/mol. The van der Waals surface area contributed by atoms with Crippen LogP contribution in [0.4, 0.5) is 0 Å². The molecule has 142 valence electrons. The zero-order valence-electron chi connectivity index (χ0n) is 15.3. The van der Waals surface area contributed by atoms with Crippen LogP contribution in [-0.4, -0.2) is 54.4 Å². The van der Waals surface area contributed by atoms with Gasteiger partial charge in [-0.3, -0.25) is 9.59 Å². The molecule has 0 saturated heterocycles. The highest BCUT2D eigenvalue weighted by Gasteiger charge is 2.11. The van der Waals surface area contributed by atoms with Crippen LogP contribution >= 0.6 is 0 Å². The number of benzene rings is 1. The van der Waals surface area contributed by atoms with Gasteiger partial charge in [0, 0.05) is 36.5 Å². The van der Waals surface area contributed by atoms with E-state index in [1.807, 2.05) is 38.5 Å². The molecule has 0 fully saturated rings. The Labute approximate surface area is 152 Å². The van der Waals surface area contributed by atoms with Crippen LogP contribution in [0, 0.1) is 0 Å². The van der Waals surface area contributed by atoms with Gasteiger partial charge in [0.05, 0.1) is 0 Å². The van der Waals surface area contributed by atoms with Gasteiger partial charge in [0.2, 0.25) is 6.79 Å². The molecule has 0 radical (unpaired) electrons. The number of carboxylic acids is 1. The number of carboxylic acid groups (broad SMARTS) is 1. The Morgan fingerprint density at radius 1 is 1.19 bits per heavy atom. The molecule has 26 heavy (non-hydrogen) atoms. The smallest absolute Gasteiger partial charge is 0.308 e. The van der Waals surface area contributed by atoms with Gasteiger partial charge in [-0.1, -0.05) is 6.07 Å². The summed E-state index contributed by atoms with van der Waals surface area (Å²) < 4.78 is 10.8. The first-order chi connectivity index (χ1) is 12.5. The van der Waals surface area contributed by atoms with Gasteiger partial charge in [-0.2, -0.15) is 0 Å². The number of carbonyl (C=O) groups excluding carboxylic acids is 1. The summed E-state index contributed by atoms with van der Waals surface area (Å²) in [6.07, 6.45) is 4.08. The predicted octanol–water partition coefficient (Wildman–Crippen LogP) is 2.80. The van der Waals surface area contributed by atoms with E-state index < -0.39 is 5.97 Å². The zero-order chi connectivity index (χ0) is 18.9. The molecule has 2 aromatic rings. The van der Waals surface area contributed by atoms with E-state index in [0.29, 0.717) is 18.6 Å². The number of carbonyl (C=O) groups is 2. The molecular weight excluding hydrogens is 336 g/mol. The molecule has 1 aromatic carbocycles. The summed E-state index contributed by atoms with van der Waals surface area (Å²) in [6.45, 7) is 0.766. The number of hydrogen-bond donors (Lipinski definition) is 2. The van der Waals surface area contributed by atoms with Gasteiger partial charge in [-0.25, -0.2) is 0 Å². The van der Waals surface area contributed by atoms with E-state index in [1.165, 1.54) is 0 Å². The van der Waals surface area contributed by atoms with Crippen molar-refractivity contribution in [3.05, 3.63) is 30.0 Å². The van der Waals surface area contributed by atoms with Gasteiger partial charge in [0.1, 0.15) is 5.75 Å². The minimum atomic E-state index is -0.855. The third kappa shape index (κ3) is 6.07. The van der Waals surface area contributed by atoms with Gasteiger partial charge < -0.3 is 24.5 Å². The van der Waals surface area contributed by atoms with Crippen molar-refractivity contribution in [3.63, 3.8) is 0 Å². The number of nitrogens with one attached hydrogen (secondary N) is 1. The molecule has 0 atom stereocenters. The fraction of sp³-hybridized carbons (Fsp3) is 0.474. The molecule has 2 rings (SSSR count). The summed E-state index contributed by atoms with van der Waals surface area (Å²) in [4.78, 5) is 27.5. The number of rotatable bonds is 11. The van der Waals surface area contributed by atoms with E-state index in [0.717, 1.165) is 29.4 Å². The third-order valence-corrected chi connectivity index (χ3v) is 4.03. The number of aliphatic carboxylic acids is 1. The van der Waals surface area contributed by atoms with Crippen LogP contribution in [0.25, 0.3) is 10.9 Å². The summed E-state index contributed by atoms with van der Waals surface area (Å²) in [7, 11) is 4.06. The molecule has 0 unspecified atom stereocenters. The van der Waals surface area contributed by atoms with E-state index in [9.17, 15) is 9.59 Å². The first-order valence-corrected chi connectivity index (χ1v) is 8.71. The quantitative estimate of drug-likeness (QED) is 0.363. The van der Waals surface area contributed by atoms with Crippen LogP contribution in [0.5, 0.6) is 5.75 Å². The Morgan fingerprint density at radius 2 is 1.96 bits per heavy atom. The molecular formula is C19H26N2O5. The minimum absolute atomic E-state index is 0.0645. The summed E-state index contributed by atoms with van der Waals surface area (Å²) in [5, 5.41) is 9.57. The fourth-order valence-corrected chi connectivity index (χ4v) is 2.66. The first-order valence-electron chi connectivity index (χ1n) is 8.71. The van der Waals surface area contributed by atoms with Crippen molar-refractivity contribution in [2.75, 3.05) is 27.4 Å². The van der Waals surface area contributed by atoms with Crippen molar-refractivity contribution in [3.8, 4) is 5.75 Å². The van der Waals surface area contributed by atoms with Crippen molar-refractivity contribution >= 4 is 22.8 Å². The molecule has 1 aromatic heterocycles. The average molecular weight is 362 g/mol. The molecule has 2 N–H and O–H groups in total. The maximum Gasteiger partial charge on any atom is 0.308 e. The van der Waals surface area contributed by atoms with Crippen molar-refractivity contribution in [1.82, 2.24) is 9.88 Å². The van der Waals surface area contributed by atoms with Gasteiger partial charge in [-0.05, 0) is 51.1 Å². The average Bonchev–Trinajstić information content (AvgIpc) is 3.01. The normalized spacial score (nSPS) is 11.0. The van der Waals surface area contributed by atoms with Crippen LogP contribution < -0.4 is 4.74 Å². The fourth-order valence-electron chi connectivity index (χ4n) is 2.66. The van der Waals surface area contributed by atoms with Gasteiger partial charge in [-0.15, -0.1) is 0 Å². The topological polar surface area (TPSA) is 91.9 Å². The summed E-state index contributed by atoms with van der Waals surface area (Å²) in [5.74, 6) is -0.563. The molecule has 0 bridgehead atoms. The number of likely N-dealkylation sites (N-methyl/N-ethyl adjacent to an activating group) is 1. The van der Waals surface area contributed by atoms with Crippen molar-refractivity contribution in [1.29, 1.82) is 0 Å². The van der Waals surface area contributed by atoms with Crippen LogP contribution in [-0.2, 0) is 20.7 Å². The number of H-pyrrole nitrogens is 1. The largest absolute Gasteiger partial charge is 0.481 e. The lowest BCUT2D eigenvalue weighted by molar-refractivity contribution is -0.150. The highest BCUT2D eigenvalue weighted by Crippen LogP contribution is 2.29. The lowest BCUT2D eigenvalue weighted by Crippen LogP contribution is -2.15. The number of esters is 1. The van der Waals surface area contributed by atoms with Crippen molar-refractivity contribution < 1.29 is 24.2 Å². The Hall–Kier alpha value is -2.54. The van der Waals surface area contributed by atoms with E-state index in [2.05, 4.69) is 9.88 Å². The van der Waals surface area contributed by atoms with E-state index in [1.54, 1.807) is 0 Å². The van der Waals surface area contributed by atoms with Crippen LogP contribution in [0.1, 0.15) is 31.2 Å². The summed E-state index contributed by atoms with van der Waals surface area (Å²) in [5.41, 5.74) is 2.14. The van der Waals surface area contributed by atoms with E-state index >= 15 is 0 Å². The highest BCUT2D eigenvalue weighted by molar-refractivity contribution is 5.89. The van der Waals surface area contributed by atoms with Gasteiger partial charge >= 0.3 is 11.9 Å². The number of hydrogen-bond acceptors (Lipinski definition) is 5. The lowest BCUT2D eigenvalue weighted by atomic mass is 10.1. The number of aromatic nitrogens is 1. The Kier molecular flexibility index (Phi) is 7.47. The Balaban J connectivity index is 1.87. The van der Waals surface area contributed by atoms with Gasteiger partial charge in [0.25, 0.3) is 0 Å². The third-order valence-electron chi connectivity index (χ3n) is 4.03. The Morgan fingerprint density at radius 3 is 2.69 bits per heavy atom. The maximum absolute atomic E-state index is 11.7. The number of ether oxygens (including phenoxy) is 2. The molecule has 0 spiro atoms. The molecule has 7 nitrogen and oxygen atoms in total. The van der Waals surface area contributed by atoms with Crippen LogP contribution in [0.15, 0.2) is 24.4 Å². The van der Waals surface area contributed by atoms with E-state index in [-0.39, 0.29) is 25.6 Å². The number of fused-ring (bicyclic) bond motifs is 1. The molecule has 1 heterocycles. The maximum atomic E-state index is 11.7. The monoisotopic (exact) mass is 362 g/mol. The van der Waals surface area contributed by atoms with E-state index in [4.69, 9.17) is 14.6 Å². The van der Waals surface area contributed by atoms with Crippen molar-refractivity contribution in [2.45, 2.75) is 32.1 Å². The second-order valence-corrected chi connectivity index (χ2v) is 6.43. The second-order valence-electron chi connectivity index (χ2n) is 6.43. The second kappa shape index (κ2) is 9.82. The number of unbranched alkanes of at least 4 members (excludes halogenated alkanes) is 1. The lowest BCUT2D eigenvalue weighted by Gasteiger charge is -2.11. The molecule has 0 aliphatic heterocycles. The summed E-state index contributed by atoms with van der Waals surface area (Å²) >= 11 is 0. The molecule has 7 heteroatoms. The van der Waals surface area contributed by atoms with Gasteiger partial charge in [0.15, 0.2) is 0 Å². The zero-order valence-corrected chi connectivity index (χ0v) is 15.3. The molecule has 0 saturated carbocycles.